The first-order chi connectivity index (χ1) is 15.3. The van der Waals surface area contributed by atoms with Gasteiger partial charge < -0.3 is 25.8 Å². The average Bonchev–Trinajstić information content (AvgIpc) is 2.78. The van der Waals surface area contributed by atoms with Crippen molar-refractivity contribution >= 4 is 23.9 Å². The molecule has 9 heteroatoms. The van der Waals surface area contributed by atoms with E-state index in [1.807, 2.05) is 24.3 Å². The second-order valence-corrected chi connectivity index (χ2v) is 7.25. The quantitative estimate of drug-likeness (QED) is 0.443. The van der Waals surface area contributed by atoms with Crippen LogP contribution in [0.15, 0.2) is 60.7 Å². The van der Waals surface area contributed by atoms with E-state index in [1.165, 1.54) is 13.8 Å². The minimum atomic E-state index is -1.20. The second kappa shape index (κ2) is 12.1. The zero-order valence-electron chi connectivity index (χ0n) is 17.9. The molecule has 32 heavy (non-hydrogen) atoms. The Morgan fingerprint density at radius 3 is 1.91 bits per heavy atom. The molecule has 0 heterocycles. The van der Waals surface area contributed by atoms with Crippen molar-refractivity contribution in [2.24, 2.45) is 0 Å². The van der Waals surface area contributed by atoms with Crippen molar-refractivity contribution in [1.29, 1.82) is 0 Å². The number of hydrogen-bond acceptors (Lipinski definition) is 5. The molecular formula is C23H27N3O6. The highest BCUT2D eigenvalue weighted by molar-refractivity contribution is 5.92. The Bertz CT molecular complexity index is 920. The molecule has 0 unspecified atom stereocenters. The van der Waals surface area contributed by atoms with E-state index in [9.17, 15) is 19.2 Å². The number of carboxylic acids is 1. The number of carbonyl (C=O) groups is 4. The van der Waals surface area contributed by atoms with Crippen LogP contribution in [0, 0.1) is 0 Å². The molecule has 0 radical (unpaired) electrons. The van der Waals surface area contributed by atoms with Crippen molar-refractivity contribution < 1.29 is 29.0 Å². The highest BCUT2D eigenvalue weighted by atomic mass is 16.5. The fraction of sp³-hybridized carbons (Fsp3) is 0.304. The summed E-state index contributed by atoms with van der Waals surface area (Å²) < 4.78 is 5.10. The van der Waals surface area contributed by atoms with E-state index in [0.29, 0.717) is 0 Å². The van der Waals surface area contributed by atoms with Gasteiger partial charge in [-0.05, 0) is 25.0 Å². The zero-order valence-corrected chi connectivity index (χ0v) is 17.9. The maximum absolute atomic E-state index is 12.6. The van der Waals surface area contributed by atoms with Gasteiger partial charge in [0.25, 0.3) is 0 Å². The van der Waals surface area contributed by atoms with Crippen LogP contribution in [-0.4, -0.2) is 47.1 Å². The third-order valence-corrected chi connectivity index (χ3v) is 4.59. The van der Waals surface area contributed by atoms with Gasteiger partial charge >= 0.3 is 12.1 Å². The van der Waals surface area contributed by atoms with Crippen molar-refractivity contribution in [1.82, 2.24) is 16.0 Å². The van der Waals surface area contributed by atoms with Gasteiger partial charge in [-0.25, -0.2) is 4.79 Å². The number of rotatable bonds is 10. The predicted octanol–water partition coefficient (Wildman–Crippen LogP) is 1.62. The second-order valence-electron chi connectivity index (χ2n) is 7.25. The number of amides is 3. The van der Waals surface area contributed by atoms with Crippen LogP contribution in [0.25, 0.3) is 0 Å². The normalized spacial score (nSPS) is 13.2. The first kappa shape index (κ1) is 24.4. The summed E-state index contributed by atoms with van der Waals surface area (Å²) in [6.07, 6.45) is -0.629. The monoisotopic (exact) mass is 441 g/mol. The molecule has 3 amide bonds. The van der Waals surface area contributed by atoms with Gasteiger partial charge in [-0.15, -0.1) is 0 Å². The van der Waals surface area contributed by atoms with Crippen LogP contribution >= 0.6 is 0 Å². The summed E-state index contributed by atoms with van der Waals surface area (Å²) in [5, 5.41) is 16.4. The minimum Gasteiger partial charge on any atom is -0.480 e. The van der Waals surface area contributed by atoms with E-state index in [-0.39, 0.29) is 13.0 Å². The molecule has 0 saturated carbocycles. The summed E-state index contributed by atoms with van der Waals surface area (Å²) in [6, 6.07) is 14.9. The molecule has 2 aromatic rings. The fourth-order valence-electron chi connectivity index (χ4n) is 2.74. The molecule has 0 spiro atoms. The maximum Gasteiger partial charge on any atom is 0.408 e. The highest BCUT2D eigenvalue weighted by Gasteiger charge is 2.27. The Balaban J connectivity index is 1.96. The Morgan fingerprint density at radius 2 is 1.34 bits per heavy atom. The number of hydrogen-bond donors (Lipinski definition) is 4. The Morgan fingerprint density at radius 1 is 0.781 bits per heavy atom. The van der Waals surface area contributed by atoms with Gasteiger partial charge in [0.05, 0.1) is 0 Å². The first-order valence-corrected chi connectivity index (χ1v) is 10.1. The van der Waals surface area contributed by atoms with E-state index in [0.717, 1.165) is 11.1 Å². The predicted molar refractivity (Wildman–Crippen MR) is 117 cm³/mol. The molecule has 0 aromatic heterocycles. The summed E-state index contributed by atoms with van der Waals surface area (Å²) in [5.74, 6) is -2.45. The van der Waals surface area contributed by atoms with E-state index in [2.05, 4.69) is 16.0 Å². The Hall–Kier alpha value is -3.88. The highest BCUT2D eigenvalue weighted by Crippen LogP contribution is 2.05. The third kappa shape index (κ3) is 8.10. The molecule has 4 N–H and O–H groups in total. The third-order valence-electron chi connectivity index (χ3n) is 4.59. The van der Waals surface area contributed by atoms with Crippen molar-refractivity contribution in [3.8, 4) is 0 Å². The number of aliphatic carboxylic acids is 1. The summed E-state index contributed by atoms with van der Waals surface area (Å²) in [4.78, 5) is 48.3. The summed E-state index contributed by atoms with van der Waals surface area (Å²) in [6.45, 7) is 2.83. The van der Waals surface area contributed by atoms with Crippen LogP contribution in [0.5, 0.6) is 0 Å². The van der Waals surface area contributed by atoms with Gasteiger partial charge in [0.2, 0.25) is 11.8 Å². The molecule has 9 nitrogen and oxygen atoms in total. The van der Waals surface area contributed by atoms with Crippen molar-refractivity contribution in [2.75, 3.05) is 0 Å². The van der Waals surface area contributed by atoms with Crippen LogP contribution in [0.1, 0.15) is 25.0 Å². The van der Waals surface area contributed by atoms with Crippen LogP contribution in [0.3, 0.4) is 0 Å². The van der Waals surface area contributed by atoms with Crippen LogP contribution in [-0.2, 0) is 32.1 Å². The lowest BCUT2D eigenvalue weighted by atomic mass is 10.0. The lowest BCUT2D eigenvalue weighted by Crippen LogP contribution is -2.55. The first-order valence-electron chi connectivity index (χ1n) is 10.1. The largest absolute Gasteiger partial charge is 0.480 e. The van der Waals surface area contributed by atoms with E-state index < -0.39 is 42.0 Å². The topological polar surface area (TPSA) is 134 Å². The average molecular weight is 441 g/mol. The lowest BCUT2D eigenvalue weighted by molar-refractivity contribution is -0.141. The molecule has 0 aliphatic carbocycles. The van der Waals surface area contributed by atoms with E-state index >= 15 is 0 Å². The molecule has 2 rings (SSSR count). The number of alkyl carbamates (subject to hydrolysis) is 1. The Kier molecular flexibility index (Phi) is 9.22. The smallest absolute Gasteiger partial charge is 0.408 e. The molecule has 0 fully saturated rings. The fourth-order valence-corrected chi connectivity index (χ4v) is 2.74. The molecule has 3 atom stereocenters. The number of benzene rings is 2. The summed E-state index contributed by atoms with van der Waals surface area (Å²) in [7, 11) is 0. The zero-order chi connectivity index (χ0) is 23.5. The molecule has 0 bridgehead atoms. The van der Waals surface area contributed by atoms with Gasteiger partial charge in [0.1, 0.15) is 24.7 Å². The molecule has 170 valence electrons. The van der Waals surface area contributed by atoms with E-state index in [1.54, 1.807) is 36.4 Å². The van der Waals surface area contributed by atoms with Gasteiger partial charge in [-0.3, -0.25) is 14.4 Å². The van der Waals surface area contributed by atoms with Gasteiger partial charge in [0, 0.05) is 6.42 Å². The van der Waals surface area contributed by atoms with Crippen LogP contribution in [0.2, 0.25) is 0 Å². The molecule has 0 aliphatic rings. The van der Waals surface area contributed by atoms with Crippen molar-refractivity contribution in [3.05, 3.63) is 71.8 Å². The van der Waals surface area contributed by atoms with E-state index in [4.69, 9.17) is 9.84 Å². The lowest BCUT2D eigenvalue weighted by Gasteiger charge is -2.22. The summed E-state index contributed by atoms with van der Waals surface area (Å²) >= 11 is 0. The van der Waals surface area contributed by atoms with Crippen molar-refractivity contribution in [3.63, 3.8) is 0 Å². The maximum atomic E-state index is 12.6. The molecular weight excluding hydrogens is 414 g/mol. The Labute approximate surface area is 186 Å². The minimum absolute atomic E-state index is 0.0487. The standard InChI is InChI=1S/C23H27N3O6/c1-15(25-23(31)32-14-18-11-7-4-8-12-18)20(27)26-19(13-17-9-5-3-6-10-17)21(28)24-16(2)22(29)30/h3-12,15-16,19H,13-14H2,1-2H3,(H,24,28)(H,25,31)(H,26,27)(H,29,30)/t15-,16-,19-/m0/s1. The SMILES string of the molecule is C[C@H](NC(=O)[C@H](Cc1ccccc1)NC(=O)[C@H](C)NC(=O)OCc1ccccc1)C(=O)O. The number of carbonyl (C=O) groups excluding carboxylic acids is 3. The summed E-state index contributed by atoms with van der Waals surface area (Å²) in [5.41, 5.74) is 1.57. The van der Waals surface area contributed by atoms with Gasteiger partial charge in [0.15, 0.2) is 0 Å². The number of nitrogens with one attached hydrogen (secondary N) is 3. The number of carboxylic acid groups (broad SMARTS) is 1. The van der Waals surface area contributed by atoms with Crippen molar-refractivity contribution in [2.45, 2.75) is 45.0 Å². The van der Waals surface area contributed by atoms with Gasteiger partial charge in [-0.1, -0.05) is 60.7 Å². The van der Waals surface area contributed by atoms with Gasteiger partial charge in [-0.2, -0.15) is 0 Å². The molecule has 0 aliphatic heterocycles. The van der Waals surface area contributed by atoms with Crippen LogP contribution < -0.4 is 16.0 Å². The van der Waals surface area contributed by atoms with Crippen LogP contribution in [0.4, 0.5) is 4.79 Å². The number of ether oxygens (including phenoxy) is 1. The molecule has 0 saturated heterocycles. The molecule has 2 aromatic carbocycles.